The molecule has 0 saturated carbocycles. The Balaban J connectivity index is 1.70. The quantitative estimate of drug-likeness (QED) is 0.318. The fourth-order valence-electron chi connectivity index (χ4n) is 3.24. The smallest absolute Gasteiger partial charge is 0.418 e. The van der Waals surface area contributed by atoms with Crippen LogP contribution in [0.15, 0.2) is 72.9 Å². The highest BCUT2D eigenvalue weighted by Gasteiger charge is 2.33. The lowest BCUT2D eigenvalue weighted by Gasteiger charge is -2.13. The lowest BCUT2D eigenvalue weighted by atomic mass is 9.99. The topological polar surface area (TPSA) is 22.1 Å². The molecule has 0 radical (unpaired) electrons. The fraction of sp³-hybridized carbons (Fsp3) is 0.0870. The van der Waals surface area contributed by atoms with Gasteiger partial charge in [0.25, 0.3) is 0 Å². The first-order valence-corrected chi connectivity index (χ1v) is 9.71. The number of hydrogen-bond donors (Lipinski definition) is 0. The van der Waals surface area contributed by atoms with Crippen molar-refractivity contribution in [1.82, 2.24) is 4.98 Å². The molecule has 1 heterocycles. The van der Waals surface area contributed by atoms with Crippen LogP contribution in [0, 0.1) is 0 Å². The van der Waals surface area contributed by atoms with E-state index < -0.39 is 11.7 Å². The van der Waals surface area contributed by atoms with E-state index in [2.05, 4.69) is 4.98 Å². The lowest BCUT2D eigenvalue weighted by Crippen LogP contribution is -2.06. The molecule has 3 aromatic carbocycles. The summed E-state index contributed by atoms with van der Waals surface area (Å²) in [7, 11) is 0. The standard InChI is InChI=1S/C23H14Cl2F3NO/c24-20-8-3-9-21(25)18(20)13-30-15-5-1-4-14(12-15)16-10-11-29-22-17(16)6-2-7-19(22)23(26,27)28/h1-12H,13H2. The summed E-state index contributed by atoms with van der Waals surface area (Å²) in [6.45, 7) is 0.164. The molecule has 0 unspecified atom stereocenters. The second-order valence-corrected chi connectivity index (χ2v) is 7.39. The Kier molecular flexibility index (Phi) is 5.58. The summed E-state index contributed by atoms with van der Waals surface area (Å²) in [5.74, 6) is 0.542. The Morgan fingerprint density at radius 2 is 1.57 bits per heavy atom. The van der Waals surface area contributed by atoms with Gasteiger partial charge in [-0.3, -0.25) is 4.98 Å². The Morgan fingerprint density at radius 1 is 0.867 bits per heavy atom. The molecule has 0 aliphatic carbocycles. The Hall–Kier alpha value is -2.76. The van der Waals surface area contributed by atoms with Crippen LogP contribution in [0.1, 0.15) is 11.1 Å². The Labute approximate surface area is 180 Å². The molecule has 0 saturated heterocycles. The van der Waals surface area contributed by atoms with Gasteiger partial charge in [0.2, 0.25) is 0 Å². The average Bonchev–Trinajstić information content (AvgIpc) is 2.72. The van der Waals surface area contributed by atoms with Crippen LogP contribution in [0.2, 0.25) is 10.0 Å². The molecule has 0 N–H and O–H groups in total. The number of fused-ring (bicyclic) bond motifs is 1. The summed E-state index contributed by atoms with van der Waals surface area (Å²) < 4.78 is 45.9. The number of hydrogen-bond acceptors (Lipinski definition) is 2. The van der Waals surface area contributed by atoms with Crippen molar-refractivity contribution >= 4 is 34.1 Å². The first kappa shape index (κ1) is 20.5. The van der Waals surface area contributed by atoms with E-state index in [0.29, 0.717) is 37.9 Å². The van der Waals surface area contributed by atoms with Gasteiger partial charge in [0.15, 0.2) is 0 Å². The van der Waals surface area contributed by atoms with E-state index in [4.69, 9.17) is 27.9 Å². The minimum atomic E-state index is -4.48. The number of para-hydroxylation sites is 1. The highest BCUT2D eigenvalue weighted by atomic mass is 35.5. The Bertz CT molecular complexity index is 1200. The van der Waals surface area contributed by atoms with Crippen molar-refractivity contribution in [3.8, 4) is 16.9 Å². The predicted molar refractivity (Wildman–Crippen MR) is 113 cm³/mol. The van der Waals surface area contributed by atoms with Crippen LogP contribution in [-0.4, -0.2) is 4.98 Å². The summed E-state index contributed by atoms with van der Waals surface area (Å²) >= 11 is 12.4. The van der Waals surface area contributed by atoms with Gasteiger partial charge in [0.05, 0.1) is 11.1 Å². The number of benzene rings is 3. The summed E-state index contributed by atoms with van der Waals surface area (Å²) in [6, 6.07) is 18.0. The number of aromatic nitrogens is 1. The predicted octanol–water partition coefficient (Wildman–Crippen LogP) is 7.81. The number of alkyl halides is 3. The minimum absolute atomic E-state index is 0.0864. The van der Waals surface area contributed by atoms with E-state index in [-0.39, 0.29) is 12.1 Å². The van der Waals surface area contributed by atoms with Gasteiger partial charge >= 0.3 is 6.18 Å². The van der Waals surface area contributed by atoms with Crippen molar-refractivity contribution < 1.29 is 17.9 Å². The average molecular weight is 448 g/mol. The van der Waals surface area contributed by atoms with Crippen molar-refractivity contribution in [2.24, 2.45) is 0 Å². The van der Waals surface area contributed by atoms with E-state index in [1.54, 1.807) is 48.5 Å². The third kappa shape index (κ3) is 4.09. The maximum Gasteiger partial charge on any atom is 0.418 e. The van der Waals surface area contributed by atoms with E-state index in [1.807, 2.05) is 6.07 Å². The van der Waals surface area contributed by atoms with Gasteiger partial charge < -0.3 is 4.74 Å². The van der Waals surface area contributed by atoms with Crippen LogP contribution in [0.4, 0.5) is 13.2 Å². The van der Waals surface area contributed by atoms with Crippen LogP contribution < -0.4 is 4.74 Å². The zero-order valence-electron chi connectivity index (χ0n) is 15.4. The molecule has 0 bridgehead atoms. The van der Waals surface area contributed by atoms with Crippen LogP contribution in [0.25, 0.3) is 22.0 Å². The summed E-state index contributed by atoms with van der Waals surface area (Å²) in [6.07, 6.45) is -3.10. The van der Waals surface area contributed by atoms with Gasteiger partial charge in [-0.25, -0.2) is 0 Å². The maximum atomic E-state index is 13.4. The highest BCUT2D eigenvalue weighted by molar-refractivity contribution is 6.35. The maximum absolute atomic E-state index is 13.4. The third-order valence-electron chi connectivity index (χ3n) is 4.67. The number of nitrogens with zero attached hydrogens (tertiary/aromatic N) is 1. The van der Waals surface area contributed by atoms with E-state index in [1.165, 1.54) is 12.3 Å². The monoisotopic (exact) mass is 447 g/mol. The van der Waals surface area contributed by atoms with Gasteiger partial charge in [-0.15, -0.1) is 0 Å². The summed E-state index contributed by atoms with van der Waals surface area (Å²) in [4.78, 5) is 3.97. The molecule has 1 aromatic heterocycles. The van der Waals surface area contributed by atoms with E-state index in [9.17, 15) is 13.2 Å². The zero-order chi connectivity index (χ0) is 21.3. The van der Waals surface area contributed by atoms with Crippen molar-refractivity contribution in [3.63, 3.8) is 0 Å². The molecule has 0 atom stereocenters. The second kappa shape index (κ2) is 8.17. The van der Waals surface area contributed by atoms with Gasteiger partial charge in [0, 0.05) is 27.2 Å². The van der Waals surface area contributed by atoms with Crippen LogP contribution in [-0.2, 0) is 12.8 Å². The third-order valence-corrected chi connectivity index (χ3v) is 5.37. The van der Waals surface area contributed by atoms with Gasteiger partial charge in [-0.1, -0.05) is 53.5 Å². The molecule has 4 rings (SSSR count). The number of pyridine rings is 1. The minimum Gasteiger partial charge on any atom is -0.489 e. The first-order chi connectivity index (χ1) is 14.3. The molecule has 0 fully saturated rings. The normalized spacial score (nSPS) is 11.6. The molecule has 30 heavy (non-hydrogen) atoms. The first-order valence-electron chi connectivity index (χ1n) is 8.95. The van der Waals surface area contributed by atoms with Crippen molar-refractivity contribution in [2.45, 2.75) is 12.8 Å². The molecule has 152 valence electrons. The van der Waals surface area contributed by atoms with Crippen LogP contribution in [0.3, 0.4) is 0 Å². The zero-order valence-corrected chi connectivity index (χ0v) is 16.9. The largest absolute Gasteiger partial charge is 0.489 e. The molecule has 0 spiro atoms. The fourth-order valence-corrected chi connectivity index (χ4v) is 3.74. The SMILES string of the molecule is FC(F)(F)c1cccc2c(-c3cccc(OCc4c(Cl)cccc4Cl)c3)ccnc12. The number of ether oxygens (including phenoxy) is 1. The molecule has 4 aromatic rings. The van der Waals surface area contributed by atoms with Crippen molar-refractivity contribution in [2.75, 3.05) is 0 Å². The number of halogens is 5. The molecule has 2 nitrogen and oxygen atoms in total. The van der Waals surface area contributed by atoms with E-state index in [0.717, 1.165) is 6.07 Å². The van der Waals surface area contributed by atoms with Gasteiger partial charge in [0.1, 0.15) is 12.4 Å². The molecular formula is C23H14Cl2F3NO. The van der Waals surface area contributed by atoms with Crippen molar-refractivity contribution in [1.29, 1.82) is 0 Å². The van der Waals surface area contributed by atoms with Gasteiger partial charge in [-0.2, -0.15) is 13.2 Å². The van der Waals surface area contributed by atoms with Crippen molar-refractivity contribution in [3.05, 3.63) is 94.1 Å². The van der Waals surface area contributed by atoms with Gasteiger partial charge in [-0.05, 0) is 47.5 Å². The Morgan fingerprint density at radius 3 is 2.30 bits per heavy atom. The molecule has 0 aliphatic rings. The molecular weight excluding hydrogens is 434 g/mol. The second-order valence-electron chi connectivity index (χ2n) is 6.57. The number of rotatable bonds is 4. The summed E-state index contributed by atoms with van der Waals surface area (Å²) in [5, 5.41) is 1.41. The molecule has 0 amide bonds. The van der Waals surface area contributed by atoms with Crippen LogP contribution >= 0.6 is 23.2 Å². The van der Waals surface area contributed by atoms with Crippen LogP contribution in [0.5, 0.6) is 5.75 Å². The molecule has 7 heteroatoms. The van der Waals surface area contributed by atoms with E-state index >= 15 is 0 Å². The summed E-state index contributed by atoms with van der Waals surface area (Å²) in [5.41, 5.74) is 1.16. The highest BCUT2D eigenvalue weighted by Crippen LogP contribution is 2.37. The molecule has 0 aliphatic heterocycles. The lowest BCUT2D eigenvalue weighted by molar-refractivity contribution is -0.136.